The summed E-state index contributed by atoms with van der Waals surface area (Å²) in [4.78, 5) is 24.9. The van der Waals surface area contributed by atoms with E-state index in [0.29, 0.717) is 0 Å². The number of para-hydroxylation sites is 1. The molecule has 1 aliphatic carbocycles. The van der Waals surface area contributed by atoms with Gasteiger partial charge in [0, 0.05) is 12.3 Å². The van der Waals surface area contributed by atoms with E-state index in [1.54, 1.807) is 51.1 Å². The topological polar surface area (TPSA) is 160 Å². The third-order valence-electron chi connectivity index (χ3n) is 7.87. The minimum atomic E-state index is -4.23. The standard InChI is InChI=1S/C27H31ClFN6O7P/c1-15(2)40-24(36)16(3)34-43(37,42-17-9-7-6-8-10-17)39-13-18-26(4)27(18,11-12-30)20(29)23(41-26)35-14-31-19-21(35)32-25(28)33-22(19)38-5/h6-10,14-16,18,20,23H,11,13H2,1-5H3,(H,34,37)/t16-,18-,20?,23+,26?,27?,43?/m0/s1. The van der Waals surface area contributed by atoms with E-state index >= 15 is 4.39 Å². The van der Waals surface area contributed by atoms with Gasteiger partial charge in [0.1, 0.15) is 11.8 Å². The average Bonchev–Trinajstić information content (AvgIpc) is 3.16. The Bertz CT molecular complexity index is 1610. The number of hydrogen-bond acceptors (Lipinski definition) is 11. The van der Waals surface area contributed by atoms with Crippen molar-refractivity contribution in [1.82, 2.24) is 24.6 Å². The lowest BCUT2D eigenvalue weighted by molar-refractivity contribution is -0.149. The number of carbonyl (C=O) groups is 1. The third-order valence-corrected chi connectivity index (χ3v) is 9.69. The highest BCUT2D eigenvalue weighted by Crippen LogP contribution is 2.76. The molecule has 1 saturated heterocycles. The highest BCUT2D eigenvalue weighted by molar-refractivity contribution is 7.52. The molecular formula is C27H31ClFN6O7P. The van der Waals surface area contributed by atoms with Gasteiger partial charge in [0.25, 0.3) is 0 Å². The van der Waals surface area contributed by atoms with Crippen LogP contribution in [0.5, 0.6) is 11.6 Å². The first-order valence-corrected chi connectivity index (χ1v) is 15.4. The fourth-order valence-corrected chi connectivity index (χ4v) is 7.41. The number of nitrogens with one attached hydrogen (secondary N) is 1. The normalized spacial score (nSPS) is 28.1. The minimum Gasteiger partial charge on any atom is -0.479 e. The van der Waals surface area contributed by atoms with Crippen LogP contribution in [0.25, 0.3) is 11.2 Å². The van der Waals surface area contributed by atoms with Gasteiger partial charge in [0.2, 0.25) is 11.2 Å². The molecule has 1 aromatic carbocycles. The minimum absolute atomic E-state index is 0.115. The quantitative estimate of drug-likeness (QED) is 0.165. The van der Waals surface area contributed by atoms with Gasteiger partial charge in [-0.2, -0.15) is 20.3 Å². The number of aromatic nitrogens is 4. The van der Waals surface area contributed by atoms with Gasteiger partial charge < -0.3 is 18.7 Å². The molecule has 2 aliphatic rings. The number of alkyl halides is 1. The van der Waals surface area contributed by atoms with Gasteiger partial charge in [-0.15, -0.1) is 0 Å². The number of carbonyl (C=O) groups excluding carboxylic acids is 1. The molecule has 1 N–H and O–H groups in total. The van der Waals surface area contributed by atoms with E-state index in [4.69, 9.17) is 34.9 Å². The maximum Gasteiger partial charge on any atom is 0.459 e. The van der Waals surface area contributed by atoms with Crippen molar-refractivity contribution in [3.05, 3.63) is 41.9 Å². The van der Waals surface area contributed by atoms with Crippen molar-refractivity contribution in [3.8, 4) is 17.7 Å². The Morgan fingerprint density at radius 3 is 2.67 bits per heavy atom. The van der Waals surface area contributed by atoms with Gasteiger partial charge >= 0.3 is 13.7 Å². The fourth-order valence-electron chi connectivity index (χ4n) is 5.75. The van der Waals surface area contributed by atoms with Gasteiger partial charge in [0.05, 0.1) is 43.2 Å². The number of halogens is 2. The molecule has 0 amide bonds. The van der Waals surface area contributed by atoms with Crippen LogP contribution in [0, 0.1) is 22.7 Å². The summed E-state index contributed by atoms with van der Waals surface area (Å²) in [6, 6.07) is 9.26. The summed E-state index contributed by atoms with van der Waals surface area (Å²) in [6.07, 6.45) is -2.18. The first-order chi connectivity index (χ1) is 20.4. The number of esters is 1. The Kier molecular flexibility index (Phi) is 8.41. The first-order valence-electron chi connectivity index (χ1n) is 13.5. The maximum absolute atomic E-state index is 16.5. The molecule has 7 atom stereocenters. The lowest BCUT2D eigenvalue weighted by Gasteiger charge is -2.26. The highest BCUT2D eigenvalue weighted by atomic mass is 35.5. The number of ether oxygens (including phenoxy) is 3. The van der Waals surface area contributed by atoms with Crippen LogP contribution in [0.3, 0.4) is 0 Å². The molecule has 0 spiro atoms. The van der Waals surface area contributed by atoms with Crippen LogP contribution >= 0.6 is 19.3 Å². The summed E-state index contributed by atoms with van der Waals surface area (Å²) in [6.45, 7) is 6.21. The maximum atomic E-state index is 16.5. The van der Waals surface area contributed by atoms with Crippen LogP contribution in [0.1, 0.15) is 40.3 Å². The zero-order chi connectivity index (χ0) is 31.2. The lowest BCUT2D eigenvalue weighted by atomic mass is 9.92. The number of benzene rings is 1. The molecule has 3 aromatic rings. The molecule has 13 nitrogen and oxygen atoms in total. The zero-order valence-electron chi connectivity index (χ0n) is 24.1. The van der Waals surface area contributed by atoms with E-state index in [1.807, 2.05) is 0 Å². The lowest BCUT2D eigenvalue weighted by Crippen LogP contribution is -2.36. The van der Waals surface area contributed by atoms with E-state index in [9.17, 15) is 14.6 Å². The number of hydrogen-bond donors (Lipinski definition) is 1. The van der Waals surface area contributed by atoms with E-state index < -0.39 is 55.2 Å². The summed E-state index contributed by atoms with van der Waals surface area (Å²) in [7, 11) is -2.83. The van der Waals surface area contributed by atoms with Crippen molar-refractivity contribution in [2.24, 2.45) is 11.3 Å². The number of imidazole rings is 1. The number of rotatable bonds is 12. The van der Waals surface area contributed by atoms with Gasteiger partial charge in [0.15, 0.2) is 23.6 Å². The second-order valence-electron chi connectivity index (χ2n) is 10.8. The Morgan fingerprint density at radius 1 is 1.30 bits per heavy atom. The van der Waals surface area contributed by atoms with Crippen molar-refractivity contribution in [1.29, 1.82) is 5.26 Å². The van der Waals surface area contributed by atoms with Crippen LogP contribution < -0.4 is 14.3 Å². The highest BCUT2D eigenvalue weighted by Gasteiger charge is 2.85. The van der Waals surface area contributed by atoms with Crippen LogP contribution in [0.4, 0.5) is 4.39 Å². The molecule has 0 radical (unpaired) electrons. The van der Waals surface area contributed by atoms with Crippen molar-refractivity contribution < 1.29 is 37.0 Å². The summed E-state index contributed by atoms with van der Waals surface area (Å²) in [5, 5.41) is 12.2. The molecule has 3 heterocycles. The van der Waals surface area contributed by atoms with Crippen molar-refractivity contribution in [3.63, 3.8) is 0 Å². The second kappa shape index (κ2) is 11.6. The van der Waals surface area contributed by atoms with E-state index in [0.717, 1.165) is 0 Å². The molecule has 1 saturated carbocycles. The number of methoxy groups -OCH3 is 1. The molecule has 43 heavy (non-hydrogen) atoms. The predicted molar refractivity (Wildman–Crippen MR) is 151 cm³/mol. The zero-order valence-corrected chi connectivity index (χ0v) is 25.7. The van der Waals surface area contributed by atoms with Crippen LogP contribution in [-0.2, 0) is 23.4 Å². The number of nitrogens with zero attached hydrogens (tertiary/aromatic N) is 5. The van der Waals surface area contributed by atoms with E-state index in [2.05, 4.69) is 26.1 Å². The van der Waals surface area contributed by atoms with Gasteiger partial charge in [-0.05, 0) is 51.4 Å². The molecular weight excluding hydrogens is 606 g/mol. The van der Waals surface area contributed by atoms with Crippen molar-refractivity contribution in [2.75, 3.05) is 13.7 Å². The smallest absolute Gasteiger partial charge is 0.459 e. The Hall–Kier alpha value is -3.34. The SMILES string of the molecule is COc1nc(Cl)nc2c1ncn2[C@@H]1OC2(C)[C@H](COP(=O)(N[C@@H](C)C(=O)OC(C)C)Oc3ccccc3)C2(CC#N)C1F. The third kappa shape index (κ3) is 5.45. The Balaban J connectivity index is 1.39. The number of nitriles is 1. The van der Waals surface area contributed by atoms with Gasteiger partial charge in [-0.3, -0.25) is 13.9 Å². The summed E-state index contributed by atoms with van der Waals surface area (Å²) >= 11 is 6.05. The molecule has 2 fully saturated rings. The van der Waals surface area contributed by atoms with Gasteiger partial charge in [-0.25, -0.2) is 13.9 Å². The largest absolute Gasteiger partial charge is 0.479 e. The molecule has 230 valence electrons. The molecule has 0 bridgehead atoms. The molecule has 4 unspecified atom stereocenters. The summed E-state index contributed by atoms with van der Waals surface area (Å²) in [5.74, 6) is -1.01. The van der Waals surface area contributed by atoms with Crippen molar-refractivity contribution in [2.45, 2.75) is 64.3 Å². The molecule has 1 aliphatic heterocycles. The number of fused-ring (bicyclic) bond motifs is 2. The first kappa shape index (κ1) is 31.1. The fraction of sp³-hybridized carbons (Fsp3) is 0.519. The summed E-state index contributed by atoms with van der Waals surface area (Å²) < 4.78 is 60.1. The summed E-state index contributed by atoms with van der Waals surface area (Å²) in [5.41, 5.74) is -2.05. The van der Waals surface area contributed by atoms with Gasteiger partial charge in [-0.1, -0.05) is 18.2 Å². The van der Waals surface area contributed by atoms with E-state index in [1.165, 1.54) is 24.9 Å². The van der Waals surface area contributed by atoms with Crippen molar-refractivity contribution >= 4 is 36.5 Å². The Labute approximate surface area is 252 Å². The monoisotopic (exact) mass is 636 g/mol. The van der Waals surface area contributed by atoms with Crippen LogP contribution in [0.2, 0.25) is 5.28 Å². The predicted octanol–water partition coefficient (Wildman–Crippen LogP) is 4.78. The Morgan fingerprint density at radius 2 is 2.02 bits per heavy atom. The van der Waals surface area contributed by atoms with Crippen LogP contribution in [-0.4, -0.2) is 63.1 Å². The van der Waals surface area contributed by atoms with Crippen LogP contribution in [0.15, 0.2) is 36.7 Å². The molecule has 2 aromatic heterocycles. The average molecular weight is 637 g/mol. The molecule has 5 rings (SSSR count). The molecule has 16 heteroatoms. The second-order valence-corrected chi connectivity index (χ2v) is 12.8. The van der Waals surface area contributed by atoms with E-state index in [-0.39, 0.29) is 41.1 Å².